The number of rotatable bonds is 5. The van der Waals surface area contributed by atoms with E-state index in [0.717, 1.165) is 0 Å². The van der Waals surface area contributed by atoms with E-state index in [-0.39, 0.29) is 11.7 Å². The zero-order valence-corrected chi connectivity index (χ0v) is 14.9. The molecule has 0 saturated carbocycles. The molecule has 1 aromatic heterocycles. The summed E-state index contributed by atoms with van der Waals surface area (Å²) >= 11 is 0. The van der Waals surface area contributed by atoms with Crippen molar-refractivity contribution >= 4 is 21.6 Å². The van der Waals surface area contributed by atoms with E-state index in [0.29, 0.717) is 31.6 Å². The zero-order valence-electron chi connectivity index (χ0n) is 14.1. The van der Waals surface area contributed by atoms with E-state index in [1.807, 2.05) is 30.3 Å². The van der Waals surface area contributed by atoms with Gasteiger partial charge >= 0.3 is 0 Å². The maximum atomic E-state index is 13.1. The number of nitrogens with zero attached hydrogens (tertiary/aromatic N) is 3. The Balaban J connectivity index is 1.85. The van der Waals surface area contributed by atoms with Crippen molar-refractivity contribution in [2.45, 2.75) is 25.3 Å². The highest BCUT2D eigenvalue weighted by atomic mass is 32.2. The third-order valence-electron chi connectivity index (χ3n) is 4.71. The van der Waals surface area contributed by atoms with Crippen LogP contribution in [0.5, 0.6) is 0 Å². The van der Waals surface area contributed by atoms with Gasteiger partial charge in [0, 0.05) is 31.2 Å². The molecule has 1 N–H and O–H groups in total. The maximum absolute atomic E-state index is 13.1. The molecule has 0 radical (unpaired) electrons. The first-order valence-electron chi connectivity index (χ1n) is 8.32. The molecule has 1 fully saturated rings. The monoisotopic (exact) mass is 362 g/mol. The topological polar surface area (TPSA) is 84.3 Å². The molecule has 134 valence electrons. The number of hydrogen-bond acceptors (Lipinski definition) is 4. The van der Waals surface area contributed by atoms with Gasteiger partial charge in [-0.1, -0.05) is 18.2 Å². The number of nitrogens with one attached hydrogen (secondary N) is 1. The highest BCUT2D eigenvalue weighted by molar-refractivity contribution is 7.89. The van der Waals surface area contributed by atoms with Crippen LogP contribution in [0.2, 0.25) is 0 Å². The summed E-state index contributed by atoms with van der Waals surface area (Å²) in [5.41, 5.74) is -0.179. The smallest absolute Gasteiger partial charge is 0.252 e. The number of carbonyl (C=O) groups excluding carboxylic acids is 1. The van der Waals surface area contributed by atoms with Crippen molar-refractivity contribution < 1.29 is 13.2 Å². The van der Waals surface area contributed by atoms with Gasteiger partial charge in [-0.25, -0.2) is 12.7 Å². The van der Waals surface area contributed by atoms with Gasteiger partial charge in [0.1, 0.15) is 5.54 Å². The Hall–Kier alpha value is -2.19. The number of anilines is 1. The maximum Gasteiger partial charge on any atom is 0.252 e. The molecule has 8 heteroatoms. The lowest BCUT2D eigenvalue weighted by atomic mass is 9.87. The van der Waals surface area contributed by atoms with Crippen molar-refractivity contribution in [2.24, 2.45) is 0 Å². The van der Waals surface area contributed by atoms with E-state index in [9.17, 15) is 13.2 Å². The molecule has 0 atom stereocenters. The average molecular weight is 362 g/mol. The summed E-state index contributed by atoms with van der Waals surface area (Å²) in [6.07, 6.45) is 4.15. The van der Waals surface area contributed by atoms with Gasteiger partial charge in [-0.2, -0.15) is 5.10 Å². The Morgan fingerprint density at radius 3 is 2.44 bits per heavy atom. The molecule has 7 nitrogen and oxygen atoms in total. The van der Waals surface area contributed by atoms with Crippen LogP contribution in [-0.4, -0.2) is 47.3 Å². The van der Waals surface area contributed by atoms with Crippen molar-refractivity contribution in [2.75, 3.05) is 24.2 Å². The molecule has 1 amide bonds. The van der Waals surface area contributed by atoms with Crippen LogP contribution < -0.4 is 5.32 Å². The molecule has 2 aromatic rings. The average Bonchev–Trinajstić information content (AvgIpc) is 3.17. The summed E-state index contributed by atoms with van der Waals surface area (Å²) in [5, 5.41) is 7.21. The van der Waals surface area contributed by atoms with Gasteiger partial charge < -0.3 is 5.32 Å². The van der Waals surface area contributed by atoms with Crippen molar-refractivity contribution in [3.05, 3.63) is 48.8 Å². The number of amides is 1. The van der Waals surface area contributed by atoms with E-state index < -0.39 is 15.6 Å². The molecule has 0 unspecified atom stereocenters. The second kappa shape index (κ2) is 6.97. The molecule has 1 aromatic carbocycles. The molecule has 2 heterocycles. The molecule has 1 aliphatic rings. The number of para-hydroxylation sites is 1. The van der Waals surface area contributed by atoms with Crippen molar-refractivity contribution in [1.29, 1.82) is 0 Å². The fraction of sp³-hybridized carbons (Fsp3) is 0.412. The molecule has 25 heavy (non-hydrogen) atoms. The molecule has 0 bridgehead atoms. The van der Waals surface area contributed by atoms with Crippen LogP contribution in [0.25, 0.3) is 0 Å². The number of benzene rings is 1. The number of carbonyl (C=O) groups is 1. The molecular weight excluding hydrogens is 340 g/mol. The lowest BCUT2D eigenvalue weighted by Gasteiger charge is -2.40. The Morgan fingerprint density at radius 1 is 1.20 bits per heavy atom. The summed E-state index contributed by atoms with van der Waals surface area (Å²) < 4.78 is 27.3. The Morgan fingerprint density at radius 2 is 1.88 bits per heavy atom. The zero-order chi connectivity index (χ0) is 17.9. The normalized spacial score (nSPS) is 18.0. The minimum Gasteiger partial charge on any atom is -0.324 e. The van der Waals surface area contributed by atoms with Crippen molar-refractivity contribution in [1.82, 2.24) is 14.1 Å². The minimum atomic E-state index is -3.25. The number of aromatic nitrogens is 2. The van der Waals surface area contributed by atoms with Gasteiger partial charge in [0.15, 0.2) is 0 Å². The van der Waals surface area contributed by atoms with E-state index in [1.54, 1.807) is 30.1 Å². The predicted molar refractivity (Wildman–Crippen MR) is 95.5 cm³/mol. The second-order valence-corrected chi connectivity index (χ2v) is 8.36. The van der Waals surface area contributed by atoms with Crippen LogP contribution in [0.1, 0.15) is 19.8 Å². The summed E-state index contributed by atoms with van der Waals surface area (Å²) in [6.45, 7) is 2.24. The summed E-state index contributed by atoms with van der Waals surface area (Å²) in [5.74, 6) is -0.103. The summed E-state index contributed by atoms with van der Waals surface area (Å²) in [6, 6.07) is 11.0. The number of piperidine rings is 1. The quantitative estimate of drug-likeness (QED) is 0.877. The van der Waals surface area contributed by atoms with E-state index >= 15 is 0 Å². The molecular formula is C17H22N4O3S. The van der Waals surface area contributed by atoms with Gasteiger partial charge in [0.05, 0.1) is 5.75 Å². The summed E-state index contributed by atoms with van der Waals surface area (Å²) in [4.78, 5) is 13.1. The number of sulfonamides is 1. The molecule has 1 aliphatic heterocycles. The largest absolute Gasteiger partial charge is 0.324 e. The summed E-state index contributed by atoms with van der Waals surface area (Å²) in [7, 11) is -3.25. The lowest BCUT2D eigenvalue weighted by Crippen LogP contribution is -2.54. The molecule has 1 saturated heterocycles. The van der Waals surface area contributed by atoms with Gasteiger partial charge in [-0.3, -0.25) is 9.48 Å². The molecule has 0 spiro atoms. The van der Waals surface area contributed by atoms with E-state index in [2.05, 4.69) is 10.4 Å². The Kier molecular flexibility index (Phi) is 4.91. The van der Waals surface area contributed by atoms with Crippen LogP contribution in [0.3, 0.4) is 0 Å². The number of hydrogen-bond donors (Lipinski definition) is 1. The van der Waals surface area contributed by atoms with Crippen LogP contribution in [0.15, 0.2) is 48.8 Å². The Labute approximate surface area is 147 Å². The highest BCUT2D eigenvalue weighted by Crippen LogP contribution is 2.32. The lowest BCUT2D eigenvalue weighted by molar-refractivity contribution is -0.127. The van der Waals surface area contributed by atoms with E-state index in [4.69, 9.17) is 0 Å². The van der Waals surface area contributed by atoms with Crippen LogP contribution in [-0.2, 0) is 20.4 Å². The predicted octanol–water partition coefficient (Wildman–Crippen LogP) is 1.66. The molecule has 0 aliphatic carbocycles. The fourth-order valence-electron chi connectivity index (χ4n) is 3.17. The Bertz CT molecular complexity index is 811. The van der Waals surface area contributed by atoms with Gasteiger partial charge in [-0.05, 0) is 38.0 Å². The van der Waals surface area contributed by atoms with Crippen LogP contribution in [0, 0.1) is 0 Å². The van der Waals surface area contributed by atoms with Gasteiger partial charge in [0.25, 0.3) is 5.91 Å². The van der Waals surface area contributed by atoms with Crippen LogP contribution in [0.4, 0.5) is 5.69 Å². The van der Waals surface area contributed by atoms with Crippen molar-refractivity contribution in [3.8, 4) is 0 Å². The fourth-order valence-corrected chi connectivity index (χ4v) is 4.27. The first kappa shape index (κ1) is 17.6. The minimum absolute atomic E-state index is 0.0674. The molecule has 3 rings (SSSR count). The highest BCUT2D eigenvalue weighted by Gasteiger charge is 2.45. The van der Waals surface area contributed by atoms with Crippen LogP contribution >= 0.6 is 0 Å². The van der Waals surface area contributed by atoms with Gasteiger partial charge in [-0.15, -0.1) is 0 Å². The third-order valence-corrected chi connectivity index (χ3v) is 6.59. The second-order valence-electron chi connectivity index (χ2n) is 6.10. The third kappa shape index (κ3) is 3.45. The van der Waals surface area contributed by atoms with E-state index in [1.165, 1.54) is 4.31 Å². The van der Waals surface area contributed by atoms with Crippen molar-refractivity contribution in [3.63, 3.8) is 0 Å². The SMILES string of the molecule is CCS(=O)(=O)N1CCC(C(=O)Nc2ccccc2)(n2cccn2)CC1. The first-order chi connectivity index (χ1) is 12.0. The first-order valence-corrected chi connectivity index (χ1v) is 9.93. The van der Waals surface area contributed by atoms with Gasteiger partial charge in [0.2, 0.25) is 10.0 Å². The standard InChI is InChI=1S/C17H22N4O3S/c1-2-25(23,24)20-13-9-17(10-14-20,21-12-6-11-18-21)16(22)19-15-7-4-3-5-8-15/h3-8,11-12H,2,9-10,13-14H2,1H3,(H,19,22).